The number of carbonyl (C=O) groups excluding carboxylic acids is 1. The van der Waals surface area contributed by atoms with Gasteiger partial charge in [-0.1, -0.05) is 26.0 Å². The second-order valence-electron chi connectivity index (χ2n) is 9.33. The monoisotopic (exact) mass is 477 g/mol. The summed E-state index contributed by atoms with van der Waals surface area (Å²) in [5, 5.41) is 13.7. The molecule has 4 rings (SSSR count). The molecule has 0 bridgehead atoms. The number of amides is 2. The highest BCUT2D eigenvalue weighted by molar-refractivity contribution is 5.90. The second-order valence-corrected chi connectivity index (χ2v) is 9.33. The molecular formula is C28H30FN2O4. The summed E-state index contributed by atoms with van der Waals surface area (Å²) in [5.74, 6) is 2.00. The first-order valence-corrected chi connectivity index (χ1v) is 11.8. The minimum absolute atomic E-state index is 0.254. The van der Waals surface area contributed by atoms with E-state index in [2.05, 4.69) is 25.2 Å². The minimum Gasteiger partial charge on any atom is -0.457 e. The lowest BCUT2D eigenvalue weighted by Gasteiger charge is -2.39. The largest absolute Gasteiger partial charge is 0.457 e. The van der Waals surface area contributed by atoms with Crippen LogP contribution in [-0.2, 0) is 0 Å². The van der Waals surface area contributed by atoms with Crippen molar-refractivity contribution in [3.8, 4) is 23.0 Å². The van der Waals surface area contributed by atoms with Crippen molar-refractivity contribution in [3.63, 3.8) is 0 Å². The predicted molar refractivity (Wildman–Crippen MR) is 132 cm³/mol. The normalized spacial score (nSPS) is 15.1. The fraction of sp³-hybridized carbons (Fsp3) is 0.321. The average Bonchev–Trinajstić information content (AvgIpc) is 2.81. The molecule has 7 heteroatoms. The SMILES string of the molecule is CC(C)CC1(O)CCN(C(=O)Nc2cc(Oc3cc[c]cc3)cc(Oc3ccc(F)cc3)c2)CC1. The van der Waals surface area contributed by atoms with Crippen LogP contribution >= 0.6 is 0 Å². The van der Waals surface area contributed by atoms with Crippen molar-refractivity contribution >= 4 is 11.7 Å². The number of nitrogens with one attached hydrogen (secondary N) is 1. The van der Waals surface area contributed by atoms with Crippen molar-refractivity contribution in [1.29, 1.82) is 0 Å². The van der Waals surface area contributed by atoms with Gasteiger partial charge in [0.05, 0.1) is 5.60 Å². The number of piperidine rings is 1. The van der Waals surface area contributed by atoms with Crippen LogP contribution in [-0.4, -0.2) is 34.7 Å². The number of likely N-dealkylation sites (tertiary alicyclic amines) is 1. The summed E-state index contributed by atoms with van der Waals surface area (Å²) in [6.07, 6.45) is 1.82. The topological polar surface area (TPSA) is 71.0 Å². The zero-order valence-electron chi connectivity index (χ0n) is 20.0. The molecule has 0 aromatic heterocycles. The molecule has 0 aliphatic carbocycles. The summed E-state index contributed by atoms with van der Waals surface area (Å²) < 4.78 is 25.1. The zero-order chi connectivity index (χ0) is 24.8. The number of benzene rings is 3. The van der Waals surface area contributed by atoms with E-state index >= 15 is 0 Å². The molecule has 2 N–H and O–H groups in total. The average molecular weight is 478 g/mol. The van der Waals surface area contributed by atoms with Crippen molar-refractivity contribution in [2.45, 2.75) is 38.7 Å². The molecular weight excluding hydrogens is 447 g/mol. The maximum absolute atomic E-state index is 13.3. The van der Waals surface area contributed by atoms with Gasteiger partial charge in [0.25, 0.3) is 0 Å². The van der Waals surface area contributed by atoms with Crippen LogP contribution in [0.25, 0.3) is 0 Å². The number of urea groups is 1. The number of nitrogens with zero attached hydrogens (tertiary/aromatic N) is 1. The Morgan fingerprint density at radius 1 is 1.00 bits per heavy atom. The molecule has 0 unspecified atom stereocenters. The molecule has 1 aliphatic heterocycles. The number of hydrogen-bond donors (Lipinski definition) is 2. The van der Waals surface area contributed by atoms with Crippen LogP contribution in [0.15, 0.2) is 66.7 Å². The maximum atomic E-state index is 13.3. The highest BCUT2D eigenvalue weighted by atomic mass is 19.1. The highest BCUT2D eigenvalue weighted by Crippen LogP contribution is 2.33. The van der Waals surface area contributed by atoms with E-state index < -0.39 is 5.60 Å². The Morgan fingerprint density at radius 2 is 1.57 bits per heavy atom. The van der Waals surface area contributed by atoms with Crippen LogP contribution in [0.2, 0.25) is 0 Å². The number of halogens is 1. The fourth-order valence-corrected chi connectivity index (χ4v) is 4.27. The smallest absolute Gasteiger partial charge is 0.321 e. The molecule has 1 fully saturated rings. The number of rotatable bonds is 7. The van der Waals surface area contributed by atoms with Gasteiger partial charge in [-0.25, -0.2) is 9.18 Å². The first-order valence-electron chi connectivity index (χ1n) is 11.8. The van der Waals surface area contributed by atoms with Gasteiger partial charge in [0.1, 0.15) is 28.8 Å². The molecule has 2 amide bonds. The number of carbonyl (C=O) groups is 1. The van der Waals surface area contributed by atoms with E-state index in [9.17, 15) is 14.3 Å². The number of anilines is 1. The highest BCUT2D eigenvalue weighted by Gasteiger charge is 2.34. The quantitative estimate of drug-likeness (QED) is 0.401. The van der Waals surface area contributed by atoms with Crippen molar-refractivity contribution in [2.75, 3.05) is 18.4 Å². The summed E-state index contributed by atoms with van der Waals surface area (Å²) in [4.78, 5) is 14.7. The molecule has 1 radical (unpaired) electrons. The summed E-state index contributed by atoms with van der Waals surface area (Å²) in [6, 6.07) is 20.5. The van der Waals surface area contributed by atoms with Gasteiger partial charge < -0.3 is 24.8 Å². The second kappa shape index (κ2) is 10.8. The van der Waals surface area contributed by atoms with Crippen LogP contribution in [0, 0.1) is 17.8 Å². The Hall–Kier alpha value is -3.58. The van der Waals surface area contributed by atoms with Gasteiger partial charge in [-0.3, -0.25) is 0 Å². The number of ether oxygens (including phenoxy) is 2. The minimum atomic E-state index is -0.720. The molecule has 35 heavy (non-hydrogen) atoms. The Bertz CT molecular complexity index is 1130. The zero-order valence-corrected chi connectivity index (χ0v) is 20.0. The van der Waals surface area contributed by atoms with Gasteiger partial charge in [-0.05, 0) is 67.6 Å². The van der Waals surface area contributed by atoms with Crippen LogP contribution in [0.4, 0.5) is 14.9 Å². The molecule has 1 saturated heterocycles. The lowest BCUT2D eigenvalue weighted by atomic mass is 9.84. The number of hydrogen-bond acceptors (Lipinski definition) is 4. The Kier molecular flexibility index (Phi) is 7.56. The fourth-order valence-electron chi connectivity index (χ4n) is 4.27. The van der Waals surface area contributed by atoms with Crippen LogP contribution in [0.3, 0.4) is 0 Å². The Balaban J connectivity index is 1.50. The molecule has 0 atom stereocenters. The van der Waals surface area contributed by atoms with Crippen molar-refractivity contribution in [1.82, 2.24) is 4.90 Å². The summed E-state index contributed by atoms with van der Waals surface area (Å²) in [5.41, 5.74) is -0.225. The summed E-state index contributed by atoms with van der Waals surface area (Å²) in [7, 11) is 0. The van der Waals surface area contributed by atoms with Gasteiger partial charge in [-0.15, -0.1) is 0 Å². The van der Waals surface area contributed by atoms with E-state index in [0.29, 0.717) is 60.5 Å². The molecule has 6 nitrogen and oxygen atoms in total. The van der Waals surface area contributed by atoms with E-state index in [-0.39, 0.29) is 11.8 Å². The third kappa shape index (κ3) is 6.96. The molecule has 0 saturated carbocycles. The van der Waals surface area contributed by atoms with E-state index in [1.54, 1.807) is 47.4 Å². The van der Waals surface area contributed by atoms with E-state index in [0.717, 1.165) is 6.42 Å². The van der Waals surface area contributed by atoms with Gasteiger partial charge in [0.2, 0.25) is 0 Å². The Labute approximate surface area is 205 Å². The van der Waals surface area contributed by atoms with E-state index in [1.807, 2.05) is 0 Å². The first kappa shape index (κ1) is 24.5. The molecule has 1 aliphatic rings. The van der Waals surface area contributed by atoms with Gasteiger partial charge in [0, 0.05) is 37.0 Å². The van der Waals surface area contributed by atoms with Crippen molar-refractivity contribution < 1.29 is 23.8 Å². The van der Waals surface area contributed by atoms with Crippen LogP contribution < -0.4 is 14.8 Å². The van der Waals surface area contributed by atoms with E-state index in [1.165, 1.54) is 24.3 Å². The molecule has 0 spiro atoms. The standard InChI is InChI=1S/C28H30FN2O4/c1-20(2)19-28(33)12-14-31(15-13-28)27(32)30-22-16-25(34-23-6-4-3-5-7-23)18-26(17-22)35-24-10-8-21(29)9-11-24/h4-11,16-18,20,33H,12-15,19H2,1-2H3,(H,30,32). The van der Waals surface area contributed by atoms with Gasteiger partial charge in [0.15, 0.2) is 0 Å². The van der Waals surface area contributed by atoms with Gasteiger partial charge >= 0.3 is 6.03 Å². The molecule has 3 aromatic carbocycles. The first-order chi connectivity index (χ1) is 16.8. The molecule has 1 heterocycles. The predicted octanol–water partition coefficient (Wildman–Crippen LogP) is 6.62. The maximum Gasteiger partial charge on any atom is 0.321 e. The van der Waals surface area contributed by atoms with Gasteiger partial charge in [-0.2, -0.15) is 0 Å². The lowest BCUT2D eigenvalue weighted by molar-refractivity contribution is -0.0268. The lowest BCUT2D eigenvalue weighted by Crippen LogP contribution is -2.48. The van der Waals surface area contributed by atoms with Crippen molar-refractivity contribution in [3.05, 3.63) is 78.6 Å². The Morgan fingerprint density at radius 3 is 2.14 bits per heavy atom. The molecule has 3 aromatic rings. The third-order valence-corrected chi connectivity index (χ3v) is 5.87. The summed E-state index contributed by atoms with van der Waals surface area (Å²) >= 11 is 0. The number of aliphatic hydroxyl groups is 1. The van der Waals surface area contributed by atoms with Crippen LogP contribution in [0.1, 0.15) is 33.1 Å². The third-order valence-electron chi connectivity index (χ3n) is 5.87. The van der Waals surface area contributed by atoms with E-state index in [4.69, 9.17) is 9.47 Å². The summed E-state index contributed by atoms with van der Waals surface area (Å²) in [6.45, 7) is 5.13. The van der Waals surface area contributed by atoms with Crippen LogP contribution in [0.5, 0.6) is 23.0 Å². The molecule has 183 valence electrons. The van der Waals surface area contributed by atoms with Crippen molar-refractivity contribution in [2.24, 2.45) is 5.92 Å².